The summed E-state index contributed by atoms with van der Waals surface area (Å²) < 4.78 is 7.10. The Morgan fingerprint density at radius 2 is 2.64 bits per heavy atom. The van der Waals surface area contributed by atoms with E-state index < -0.39 is 0 Å². The summed E-state index contributed by atoms with van der Waals surface area (Å²) in [5, 5.41) is 4.02. The molecule has 0 spiro atoms. The van der Waals surface area contributed by atoms with Crippen LogP contribution in [0.3, 0.4) is 0 Å². The lowest BCUT2D eigenvalue weighted by Crippen LogP contribution is -1.99. The Morgan fingerprint density at radius 3 is 3.09 bits per heavy atom. The Labute approximate surface area is 77.7 Å². The van der Waals surface area contributed by atoms with Crippen LogP contribution in [0.15, 0.2) is 6.20 Å². The molecule has 0 bridgehead atoms. The van der Waals surface area contributed by atoms with Crippen LogP contribution in [0.4, 0.5) is 0 Å². The molecular formula is C6H7IN2O2. The fourth-order valence-electron chi connectivity index (χ4n) is 0.691. The maximum atomic E-state index is 10.3. The van der Waals surface area contributed by atoms with Crippen LogP contribution in [0.25, 0.3) is 0 Å². The Balaban J connectivity index is 2.86. The molecule has 0 radical (unpaired) electrons. The first kappa shape index (κ1) is 8.66. The van der Waals surface area contributed by atoms with Crippen molar-refractivity contribution in [1.82, 2.24) is 9.78 Å². The summed E-state index contributed by atoms with van der Waals surface area (Å²) in [5.41, 5.74) is 0.600. The highest BCUT2D eigenvalue weighted by atomic mass is 127. The Bertz CT molecular complexity index is 259. The van der Waals surface area contributed by atoms with E-state index in [0.29, 0.717) is 16.0 Å². The van der Waals surface area contributed by atoms with Gasteiger partial charge in [0, 0.05) is 13.3 Å². The van der Waals surface area contributed by atoms with E-state index in [1.807, 2.05) is 22.6 Å². The highest BCUT2D eigenvalue weighted by Crippen LogP contribution is 2.06. The number of hydrogen-bond donors (Lipinski definition) is 0. The molecule has 0 atom stereocenters. The average molecular weight is 266 g/mol. The van der Waals surface area contributed by atoms with E-state index >= 15 is 0 Å². The molecule has 0 saturated heterocycles. The monoisotopic (exact) mass is 266 g/mol. The van der Waals surface area contributed by atoms with Crippen molar-refractivity contribution in [2.24, 2.45) is 0 Å². The lowest BCUT2D eigenvalue weighted by Gasteiger charge is -1.95. The van der Waals surface area contributed by atoms with E-state index in [4.69, 9.17) is 4.74 Å². The normalized spacial score (nSPS) is 10.0. The van der Waals surface area contributed by atoms with Crippen molar-refractivity contribution in [2.75, 3.05) is 7.11 Å². The van der Waals surface area contributed by atoms with E-state index in [9.17, 15) is 4.79 Å². The molecule has 1 heterocycles. The van der Waals surface area contributed by atoms with Gasteiger partial charge in [-0.05, 0) is 22.6 Å². The van der Waals surface area contributed by atoms with Crippen molar-refractivity contribution < 1.29 is 9.53 Å². The van der Waals surface area contributed by atoms with Crippen LogP contribution < -0.4 is 0 Å². The third-order valence-electron chi connectivity index (χ3n) is 1.13. The third-order valence-corrected chi connectivity index (χ3v) is 1.97. The second-order valence-electron chi connectivity index (χ2n) is 1.95. The van der Waals surface area contributed by atoms with E-state index in [1.165, 1.54) is 0 Å². The molecule has 0 aliphatic carbocycles. The smallest absolute Gasteiger partial charge is 0.154 e. The van der Waals surface area contributed by atoms with Crippen molar-refractivity contribution in [3.63, 3.8) is 0 Å². The van der Waals surface area contributed by atoms with Gasteiger partial charge in [0.05, 0.1) is 5.56 Å². The molecule has 0 N–H and O–H groups in total. The number of hydrogen-bond acceptors (Lipinski definition) is 3. The molecular weight excluding hydrogens is 259 g/mol. The molecule has 0 saturated carbocycles. The summed E-state index contributed by atoms with van der Waals surface area (Å²) in [5.74, 6) is 0. The Morgan fingerprint density at radius 1 is 1.91 bits per heavy atom. The van der Waals surface area contributed by atoms with Gasteiger partial charge in [-0.2, -0.15) is 5.10 Å². The van der Waals surface area contributed by atoms with Crippen LogP contribution in [0.1, 0.15) is 10.4 Å². The molecule has 0 aliphatic rings. The predicted molar refractivity (Wildman–Crippen MR) is 47.3 cm³/mol. The van der Waals surface area contributed by atoms with E-state index in [0.717, 1.165) is 6.29 Å². The van der Waals surface area contributed by atoms with Gasteiger partial charge < -0.3 is 4.74 Å². The van der Waals surface area contributed by atoms with Crippen LogP contribution in [0, 0.1) is 3.70 Å². The zero-order valence-corrected chi connectivity index (χ0v) is 8.11. The number of carbonyl (C=O) groups excluding carboxylic acids is 1. The van der Waals surface area contributed by atoms with Crippen molar-refractivity contribution in [1.29, 1.82) is 0 Å². The zero-order valence-electron chi connectivity index (χ0n) is 5.95. The second-order valence-corrected chi connectivity index (χ2v) is 2.97. The minimum Gasteiger partial charge on any atom is -0.362 e. The minimum absolute atomic E-state index is 0.379. The number of nitrogens with zero attached hydrogens (tertiary/aromatic N) is 2. The fourth-order valence-corrected chi connectivity index (χ4v) is 1.23. The number of methoxy groups -OCH3 is 1. The maximum Gasteiger partial charge on any atom is 0.154 e. The summed E-state index contributed by atoms with van der Waals surface area (Å²) in [4.78, 5) is 10.3. The van der Waals surface area contributed by atoms with Crippen molar-refractivity contribution in [3.8, 4) is 0 Å². The lowest BCUT2D eigenvalue weighted by molar-refractivity contribution is 0.112. The summed E-state index contributed by atoms with van der Waals surface area (Å²) in [6.45, 7) is 0.379. The van der Waals surface area contributed by atoms with E-state index in [1.54, 1.807) is 18.0 Å². The molecule has 60 valence electrons. The summed E-state index contributed by atoms with van der Waals surface area (Å²) in [6, 6.07) is 0. The molecule has 0 fully saturated rings. The minimum atomic E-state index is 0.379. The summed E-state index contributed by atoms with van der Waals surface area (Å²) >= 11 is 2.00. The third kappa shape index (κ3) is 2.00. The van der Waals surface area contributed by atoms with Crippen molar-refractivity contribution in [3.05, 3.63) is 15.5 Å². The Kier molecular flexibility index (Phi) is 3.01. The first-order valence-electron chi connectivity index (χ1n) is 2.95. The van der Waals surface area contributed by atoms with Crippen LogP contribution in [-0.4, -0.2) is 23.2 Å². The highest BCUT2D eigenvalue weighted by Gasteiger charge is 2.03. The molecule has 0 unspecified atom stereocenters. The van der Waals surface area contributed by atoms with Crippen molar-refractivity contribution in [2.45, 2.75) is 6.73 Å². The molecule has 1 aromatic rings. The largest absolute Gasteiger partial charge is 0.362 e. The van der Waals surface area contributed by atoms with Crippen LogP contribution in [0.5, 0.6) is 0 Å². The van der Waals surface area contributed by atoms with Crippen LogP contribution in [-0.2, 0) is 11.5 Å². The predicted octanol–water partition coefficient (Wildman–Crippen LogP) is 0.904. The highest BCUT2D eigenvalue weighted by molar-refractivity contribution is 14.1. The lowest BCUT2D eigenvalue weighted by atomic mass is 10.4. The number of aldehydes is 1. The van der Waals surface area contributed by atoms with Gasteiger partial charge in [0.1, 0.15) is 10.4 Å². The first-order chi connectivity index (χ1) is 5.27. The summed E-state index contributed by atoms with van der Waals surface area (Å²) in [6.07, 6.45) is 2.43. The number of rotatable bonds is 3. The van der Waals surface area contributed by atoms with Gasteiger partial charge in [0.2, 0.25) is 0 Å². The number of ether oxygens (including phenoxy) is 1. The van der Waals surface area contributed by atoms with Gasteiger partial charge in [-0.3, -0.25) is 4.79 Å². The second kappa shape index (κ2) is 3.82. The fraction of sp³-hybridized carbons (Fsp3) is 0.333. The molecule has 1 aromatic heterocycles. The van der Waals surface area contributed by atoms with Gasteiger partial charge in [0.25, 0.3) is 0 Å². The van der Waals surface area contributed by atoms with Gasteiger partial charge in [-0.15, -0.1) is 0 Å². The topological polar surface area (TPSA) is 44.1 Å². The molecule has 0 aromatic carbocycles. The van der Waals surface area contributed by atoms with Gasteiger partial charge in [-0.1, -0.05) is 0 Å². The zero-order chi connectivity index (χ0) is 8.27. The SMILES string of the molecule is COCn1cc(C=O)c(I)n1. The molecule has 11 heavy (non-hydrogen) atoms. The average Bonchev–Trinajstić information content (AvgIpc) is 2.32. The number of aromatic nitrogens is 2. The quantitative estimate of drug-likeness (QED) is 0.603. The van der Waals surface area contributed by atoms with Gasteiger partial charge in [-0.25, -0.2) is 4.68 Å². The molecule has 0 amide bonds. The van der Waals surface area contributed by atoms with Gasteiger partial charge >= 0.3 is 0 Å². The number of halogens is 1. The molecule has 1 rings (SSSR count). The van der Waals surface area contributed by atoms with Crippen molar-refractivity contribution >= 4 is 28.9 Å². The number of carbonyl (C=O) groups is 1. The van der Waals surface area contributed by atoms with E-state index in [-0.39, 0.29) is 0 Å². The molecule has 4 nitrogen and oxygen atoms in total. The summed E-state index contributed by atoms with van der Waals surface area (Å²) in [7, 11) is 1.58. The van der Waals surface area contributed by atoms with Crippen LogP contribution in [0.2, 0.25) is 0 Å². The van der Waals surface area contributed by atoms with Gasteiger partial charge in [0.15, 0.2) is 6.29 Å². The van der Waals surface area contributed by atoms with E-state index in [2.05, 4.69) is 5.10 Å². The standard InChI is InChI=1S/C6H7IN2O2/c1-11-4-9-2-5(3-10)6(7)8-9/h2-3H,4H2,1H3. The Hall–Kier alpha value is -0.430. The maximum absolute atomic E-state index is 10.3. The molecule has 0 aliphatic heterocycles. The van der Waals surface area contributed by atoms with Crippen LogP contribution >= 0.6 is 22.6 Å². The first-order valence-corrected chi connectivity index (χ1v) is 4.03. The molecule has 5 heteroatoms.